The molecule has 0 saturated carbocycles. The zero-order valence-electron chi connectivity index (χ0n) is 14.5. The molecule has 2 atom stereocenters. The number of amides is 4. The number of urea groups is 1. The maximum absolute atomic E-state index is 12.3. The molecule has 1 fully saturated rings. The standard InChI is InChI=1S/C16H30N4O3/c1-4-7-12(3)18-15(22)13-8-6-9-20(10-13)11-14(21)19-16(23)17-5-2/h12-13H,4-11H2,1-3H3,(H,18,22)(H2,17,19,21,23)/t12-,13+/m1/s1. The maximum Gasteiger partial charge on any atom is 0.321 e. The molecule has 7 nitrogen and oxygen atoms in total. The Bertz CT molecular complexity index is 414. The van der Waals surface area contributed by atoms with E-state index < -0.39 is 6.03 Å². The molecule has 1 aliphatic rings. The Hall–Kier alpha value is -1.63. The van der Waals surface area contributed by atoms with Gasteiger partial charge in [0.2, 0.25) is 11.8 Å². The number of nitrogens with one attached hydrogen (secondary N) is 3. The van der Waals surface area contributed by atoms with Crippen molar-refractivity contribution in [1.29, 1.82) is 0 Å². The number of imide groups is 1. The molecule has 4 amide bonds. The minimum atomic E-state index is -0.475. The number of carbonyl (C=O) groups is 3. The van der Waals surface area contributed by atoms with Crippen molar-refractivity contribution in [1.82, 2.24) is 20.9 Å². The fourth-order valence-corrected chi connectivity index (χ4v) is 2.85. The number of hydrogen-bond donors (Lipinski definition) is 3. The molecule has 0 aromatic carbocycles. The average Bonchev–Trinajstić information content (AvgIpc) is 2.47. The van der Waals surface area contributed by atoms with Crippen LogP contribution in [-0.4, -0.2) is 55.0 Å². The summed E-state index contributed by atoms with van der Waals surface area (Å²) in [6, 6.07) is -0.291. The monoisotopic (exact) mass is 326 g/mol. The summed E-state index contributed by atoms with van der Waals surface area (Å²) in [6.07, 6.45) is 3.74. The molecule has 0 spiro atoms. The van der Waals surface area contributed by atoms with E-state index in [2.05, 4.69) is 22.9 Å². The Balaban J connectivity index is 2.40. The van der Waals surface area contributed by atoms with Gasteiger partial charge in [-0.3, -0.25) is 19.8 Å². The van der Waals surface area contributed by atoms with Gasteiger partial charge in [0.05, 0.1) is 12.5 Å². The van der Waals surface area contributed by atoms with Gasteiger partial charge in [0.25, 0.3) is 0 Å². The minimum absolute atomic E-state index is 0.0692. The third kappa shape index (κ3) is 7.45. The highest BCUT2D eigenvalue weighted by Gasteiger charge is 2.27. The van der Waals surface area contributed by atoms with Gasteiger partial charge in [-0.25, -0.2) is 4.79 Å². The molecule has 0 aliphatic carbocycles. The van der Waals surface area contributed by atoms with Gasteiger partial charge in [-0.15, -0.1) is 0 Å². The lowest BCUT2D eigenvalue weighted by molar-refractivity contribution is -0.129. The van der Waals surface area contributed by atoms with Crippen molar-refractivity contribution in [3.63, 3.8) is 0 Å². The number of rotatable bonds is 7. The Morgan fingerprint density at radius 1 is 1.26 bits per heavy atom. The van der Waals surface area contributed by atoms with Crippen molar-refractivity contribution in [3.8, 4) is 0 Å². The second-order valence-corrected chi connectivity index (χ2v) is 6.18. The van der Waals surface area contributed by atoms with Crippen LogP contribution < -0.4 is 16.0 Å². The van der Waals surface area contributed by atoms with Crippen LogP contribution in [0.1, 0.15) is 46.5 Å². The summed E-state index contributed by atoms with van der Waals surface area (Å²) in [5, 5.41) is 7.85. The van der Waals surface area contributed by atoms with Gasteiger partial charge in [0.15, 0.2) is 0 Å². The zero-order valence-corrected chi connectivity index (χ0v) is 14.5. The normalized spacial score (nSPS) is 19.7. The highest BCUT2D eigenvalue weighted by Crippen LogP contribution is 2.16. The smallest absolute Gasteiger partial charge is 0.321 e. The lowest BCUT2D eigenvalue weighted by atomic mass is 9.96. The second-order valence-electron chi connectivity index (χ2n) is 6.18. The van der Waals surface area contributed by atoms with Crippen molar-refractivity contribution in [3.05, 3.63) is 0 Å². The van der Waals surface area contributed by atoms with E-state index >= 15 is 0 Å². The molecule has 1 aliphatic heterocycles. The van der Waals surface area contributed by atoms with Crippen LogP contribution in [0, 0.1) is 5.92 Å². The lowest BCUT2D eigenvalue weighted by Crippen LogP contribution is -2.49. The lowest BCUT2D eigenvalue weighted by Gasteiger charge is -2.32. The van der Waals surface area contributed by atoms with Gasteiger partial charge in [-0.05, 0) is 39.7 Å². The van der Waals surface area contributed by atoms with E-state index in [4.69, 9.17) is 0 Å². The number of nitrogens with zero attached hydrogens (tertiary/aromatic N) is 1. The highest BCUT2D eigenvalue weighted by atomic mass is 16.2. The third-order valence-electron chi connectivity index (χ3n) is 3.94. The molecule has 1 heterocycles. The molecule has 1 rings (SSSR count). The Labute approximate surface area is 138 Å². The van der Waals surface area contributed by atoms with Crippen molar-refractivity contribution in [2.45, 2.75) is 52.5 Å². The van der Waals surface area contributed by atoms with Crippen molar-refractivity contribution in [2.75, 3.05) is 26.2 Å². The van der Waals surface area contributed by atoms with E-state index in [-0.39, 0.29) is 30.3 Å². The Kier molecular flexibility index (Phi) is 8.61. The SMILES string of the molecule is CCC[C@@H](C)NC(=O)[C@H]1CCCN(CC(=O)NC(=O)NCC)C1. The van der Waals surface area contributed by atoms with Gasteiger partial charge < -0.3 is 10.6 Å². The Morgan fingerprint density at radius 2 is 2.00 bits per heavy atom. The molecule has 23 heavy (non-hydrogen) atoms. The van der Waals surface area contributed by atoms with Gasteiger partial charge >= 0.3 is 6.03 Å². The highest BCUT2D eigenvalue weighted by molar-refractivity contribution is 5.95. The van der Waals surface area contributed by atoms with E-state index in [1.54, 1.807) is 6.92 Å². The number of hydrogen-bond acceptors (Lipinski definition) is 4. The van der Waals surface area contributed by atoms with Crippen molar-refractivity contribution in [2.24, 2.45) is 5.92 Å². The number of likely N-dealkylation sites (tertiary alicyclic amines) is 1. The predicted molar refractivity (Wildman–Crippen MR) is 88.9 cm³/mol. The maximum atomic E-state index is 12.3. The second kappa shape index (κ2) is 10.2. The molecular formula is C16H30N4O3. The van der Waals surface area contributed by atoms with Crippen molar-refractivity contribution < 1.29 is 14.4 Å². The number of piperidine rings is 1. The van der Waals surface area contributed by atoms with E-state index in [0.29, 0.717) is 13.1 Å². The van der Waals surface area contributed by atoms with Crippen LogP contribution in [-0.2, 0) is 9.59 Å². The van der Waals surface area contributed by atoms with Gasteiger partial charge in [0, 0.05) is 19.1 Å². The zero-order chi connectivity index (χ0) is 17.2. The molecule has 1 saturated heterocycles. The molecule has 132 valence electrons. The molecule has 0 aromatic rings. The summed E-state index contributed by atoms with van der Waals surface area (Å²) >= 11 is 0. The van der Waals surface area contributed by atoms with E-state index in [1.807, 2.05) is 11.8 Å². The van der Waals surface area contributed by atoms with Crippen LogP contribution in [0.3, 0.4) is 0 Å². The first-order valence-corrected chi connectivity index (χ1v) is 8.56. The molecule has 0 bridgehead atoms. The van der Waals surface area contributed by atoms with Crippen LogP contribution in [0.4, 0.5) is 4.79 Å². The summed E-state index contributed by atoms with van der Waals surface area (Å²) in [7, 11) is 0. The van der Waals surface area contributed by atoms with Crippen LogP contribution in [0.5, 0.6) is 0 Å². The van der Waals surface area contributed by atoms with Crippen LogP contribution in [0.2, 0.25) is 0 Å². The first kappa shape index (κ1) is 19.4. The summed E-state index contributed by atoms with van der Waals surface area (Å²) in [5.74, 6) is -0.350. The van der Waals surface area contributed by atoms with Gasteiger partial charge in [-0.2, -0.15) is 0 Å². The largest absolute Gasteiger partial charge is 0.353 e. The molecule has 7 heteroatoms. The Morgan fingerprint density at radius 3 is 2.65 bits per heavy atom. The van der Waals surface area contributed by atoms with Crippen LogP contribution in [0.25, 0.3) is 0 Å². The number of carbonyl (C=O) groups excluding carboxylic acids is 3. The minimum Gasteiger partial charge on any atom is -0.353 e. The average molecular weight is 326 g/mol. The van der Waals surface area contributed by atoms with E-state index in [1.165, 1.54) is 0 Å². The fourth-order valence-electron chi connectivity index (χ4n) is 2.85. The first-order chi connectivity index (χ1) is 11.0. The molecule has 0 aromatic heterocycles. The quantitative estimate of drug-likeness (QED) is 0.647. The fraction of sp³-hybridized carbons (Fsp3) is 0.812. The third-order valence-corrected chi connectivity index (χ3v) is 3.94. The first-order valence-electron chi connectivity index (χ1n) is 8.56. The predicted octanol–water partition coefficient (Wildman–Crippen LogP) is 0.849. The summed E-state index contributed by atoms with van der Waals surface area (Å²) in [5.41, 5.74) is 0. The summed E-state index contributed by atoms with van der Waals surface area (Å²) in [4.78, 5) is 37.4. The summed E-state index contributed by atoms with van der Waals surface area (Å²) < 4.78 is 0. The topological polar surface area (TPSA) is 90.5 Å². The van der Waals surface area contributed by atoms with Crippen LogP contribution >= 0.6 is 0 Å². The van der Waals surface area contributed by atoms with Gasteiger partial charge in [-0.1, -0.05) is 13.3 Å². The van der Waals surface area contributed by atoms with Crippen LogP contribution in [0.15, 0.2) is 0 Å². The van der Waals surface area contributed by atoms with Crippen molar-refractivity contribution >= 4 is 17.8 Å². The summed E-state index contributed by atoms with van der Waals surface area (Å²) in [6.45, 7) is 7.86. The molecular weight excluding hydrogens is 296 g/mol. The molecule has 0 radical (unpaired) electrons. The van der Waals surface area contributed by atoms with E-state index in [9.17, 15) is 14.4 Å². The van der Waals surface area contributed by atoms with Gasteiger partial charge in [0.1, 0.15) is 0 Å². The molecule has 3 N–H and O–H groups in total. The molecule has 0 unspecified atom stereocenters. The van der Waals surface area contributed by atoms with E-state index in [0.717, 1.165) is 32.2 Å².